The molecule has 3 rings (SSSR count). The van der Waals surface area contributed by atoms with E-state index in [2.05, 4.69) is 53.6 Å². The molecule has 0 aromatic carbocycles. The SMILES string of the molecule is Cc1cc(/C=N\n2c(C3CC3)n[nH]c2=S)c(C)n1C(C)C. The topological polar surface area (TPSA) is 50.9 Å². The Balaban J connectivity index is 1.95. The van der Waals surface area contributed by atoms with Gasteiger partial charge in [0.05, 0.1) is 6.21 Å². The molecule has 1 fully saturated rings. The summed E-state index contributed by atoms with van der Waals surface area (Å²) in [7, 11) is 0. The molecule has 0 radical (unpaired) electrons. The van der Waals surface area contributed by atoms with Crippen molar-refractivity contribution >= 4 is 18.4 Å². The van der Waals surface area contributed by atoms with Crippen molar-refractivity contribution in [1.82, 2.24) is 19.4 Å². The predicted molar refractivity (Wildman–Crippen MR) is 86.7 cm³/mol. The van der Waals surface area contributed by atoms with Crippen molar-refractivity contribution in [2.45, 2.75) is 52.5 Å². The first-order valence-corrected chi connectivity index (χ1v) is 7.80. The van der Waals surface area contributed by atoms with Crippen LogP contribution in [-0.4, -0.2) is 25.7 Å². The van der Waals surface area contributed by atoms with Gasteiger partial charge in [-0.25, -0.2) is 0 Å². The highest BCUT2D eigenvalue weighted by Crippen LogP contribution is 2.38. The quantitative estimate of drug-likeness (QED) is 0.691. The van der Waals surface area contributed by atoms with Crippen molar-refractivity contribution < 1.29 is 0 Å². The van der Waals surface area contributed by atoms with Gasteiger partial charge in [0, 0.05) is 28.9 Å². The summed E-state index contributed by atoms with van der Waals surface area (Å²) in [6.45, 7) is 8.64. The van der Waals surface area contributed by atoms with E-state index in [9.17, 15) is 0 Å². The van der Waals surface area contributed by atoms with Crippen LogP contribution in [0.2, 0.25) is 0 Å². The van der Waals surface area contributed by atoms with Gasteiger partial charge in [0.1, 0.15) is 0 Å². The number of aromatic amines is 1. The van der Waals surface area contributed by atoms with Gasteiger partial charge in [0.15, 0.2) is 5.82 Å². The molecule has 6 heteroatoms. The third kappa shape index (κ3) is 2.60. The van der Waals surface area contributed by atoms with Crippen LogP contribution in [0.5, 0.6) is 0 Å². The van der Waals surface area contributed by atoms with Gasteiger partial charge in [-0.3, -0.25) is 5.10 Å². The Morgan fingerprint density at radius 3 is 2.71 bits per heavy atom. The van der Waals surface area contributed by atoms with E-state index in [1.165, 1.54) is 24.2 Å². The van der Waals surface area contributed by atoms with E-state index in [-0.39, 0.29) is 0 Å². The van der Waals surface area contributed by atoms with E-state index in [0.29, 0.717) is 16.7 Å². The number of aryl methyl sites for hydroxylation is 1. The lowest BCUT2D eigenvalue weighted by atomic mass is 10.2. The monoisotopic (exact) mass is 303 g/mol. The van der Waals surface area contributed by atoms with Crippen molar-refractivity contribution in [2.75, 3.05) is 0 Å². The van der Waals surface area contributed by atoms with E-state index in [0.717, 1.165) is 11.4 Å². The van der Waals surface area contributed by atoms with Crippen LogP contribution in [0.15, 0.2) is 11.2 Å². The second kappa shape index (κ2) is 5.26. The van der Waals surface area contributed by atoms with Gasteiger partial charge in [-0.2, -0.15) is 14.9 Å². The predicted octanol–water partition coefficient (Wildman–Crippen LogP) is 3.70. The van der Waals surface area contributed by atoms with Crippen molar-refractivity contribution in [3.63, 3.8) is 0 Å². The number of rotatable bonds is 4. The Morgan fingerprint density at radius 1 is 1.43 bits per heavy atom. The van der Waals surface area contributed by atoms with Crippen molar-refractivity contribution in [1.29, 1.82) is 0 Å². The van der Waals surface area contributed by atoms with Gasteiger partial charge < -0.3 is 4.57 Å². The van der Waals surface area contributed by atoms with E-state index in [1.807, 2.05) is 6.21 Å². The molecular formula is C15H21N5S. The molecule has 0 aliphatic heterocycles. The molecule has 1 saturated carbocycles. The molecule has 2 heterocycles. The Bertz CT molecular complexity index is 743. The van der Waals surface area contributed by atoms with Crippen molar-refractivity contribution in [2.24, 2.45) is 5.10 Å². The van der Waals surface area contributed by atoms with E-state index >= 15 is 0 Å². The Kier molecular flexibility index (Phi) is 3.57. The van der Waals surface area contributed by atoms with Crippen LogP contribution in [0.4, 0.5) is 0 Å². The summed E-state index contributed by atoms with van der Waals surface area (Å²) in [4.78, 5) is 0. The lowest BCUT2D eigenvalue weighted by Crippen LogP contribution is -2.05. The fourth-order valence-electron chi connectivity index (χ4n) is 2.87. The molecule has 0 saturated heterocycles. The lowest BCUT2D eigenvalue weighted by Gasteiger charge is -2.13. The first kappa shape index (κ1) is 14.3. The van der Waals surface area contributed by atoms with Gasteiger partial charge in [0.2, 0.25) is 4.77 Å². The standard InChI is InChI=1S/C15H21N5S/c1-9(2)19-10(3)7-13(11(19)4)8-16-20-14(12-5-6-12)17-18-15(20)21/h7-9,12H,5-6H2,1-4H3,(H,18,21)/b16-8-. The number of nitrogens with one attached hydrogen (secondary N) is 1. The summed E-state index contributed by atoms with van der Waals surface area (Å²) in [5.41, 5.74) is 3.61. The molecule has 0 unspecified atom stereocenters. The summed E-state index contributed by atoms with van der Waals surface area (Å²) in [6.07, 6.45) is 4.24. The van der Waals surface area contributed by atoms with Gasteiger partial charge >= 0.3 is 0 Å². The van der Waals surface area contributed by atoms with Crippen LogP contribution < -0.4 is 0 Å². The Labute approximate surface area is 129 Å². The molecule has 1 aliphatic carbocycles. The number of aromatic nitrogens is 4. The molecule has 21 heavy (non-hydrogen) atoms. The van der Waals surface area contributed by atoms with Crippen LogP contribution in [0.25, 0.3) is 0 Å². The summed E-state index contributed by atoms with van der Waals surface area (Å²) in [6, 6.07) is 2.62. The van der Waals surface area contributed by atoms with Gasteiger partial charge in [0.25, 0.3) is 0 Å². The van der Waals surface area contributed by atoms with Crippen molar-refractivity contribution in [3.05, 3.63) is 33.6 Å². The molecule has 5 nitrogen and oxygen atoms in total. The van der Waals surface area contributed by atoms with Gasteiger partial charge in [-0.1, -0.05) is 0 Å². The van der Waals surface area contributed by atoms with Crippen molar-refractivity contribution in [3.8, 4) is 0 Å². The molecule has 0 bridgehead atoms. The maximum atomic E-state index is 5.27. The first-order chi connectivity index (χ1) is 9.99. The van der Waals surface area contributed by atoms with Gasteiger partial charge in [-0.05, 0) is 58.8 Å². The third-order valence-electron chi connectivity index (χ3n) is 3.97. The number of hydrogen-bond acceptors (Lipinski definition) is 3. The highest BCUT2D eigenvalue weighted by Gasteiger charge is 2.29. The van der Waals surface area contributed by atoms with E-state index < -0.39 is 0 Å². The van der Waals surface area contributed by atoms with Crippen LogP contribution in [0.3, 0.4) is 0 Å². The fourth-order valence-corrected chi connectivity index (χ4v) is 3.06. The summed E-state index contributed by atoms with van der Waals surface area (Å²) >= 11 is 5.27. The third-order valence-corrected chi connectivity index (χ3v) is 4.23. The molecule has 0 spiro atoms. The first-order valence-electron chi connectivity index (χ1n) is 7.39. The second-order valence-corrected chi connectivity index (χ2v) is 6.39. The Morgan fingerprint density at radius 2 is 2.14 bits per heavy atom. The average Bonchev–Trinajstić information content (AvgIpc) is 3.12. The normalized spacial score (nSPS) is 15.5. The van der Waals surface area contributed by atoms with E-state index in [4.69, 9.17) is 12.2 Å². The minimum atomic E-state index is 0.449. The molecular weight excluding hydrogens is 282 g/mol. The zero-order valence-corrected chi connectivity index (χ0v) is 13.7. The van der Waals surface area contributed by atoms with Crippen LogP contribution in [-0.2, 0) is 0 Å². The minimum Gasteiger partial charge on any atom is -0.346 e. The zero-order chi connectivity index (χ0) is 15.1. The molecule has 2 aromatic rings. The zero-order valence-electron chi connectivity index (χ0n) is 12.9. The number of H-pyrrole nitrogens is 1. The summed E-state index contributed by atoms with van der Waals surface area (Å²) < 4.78 is 4.64. The largest absolute Gasteiger partial charge is 0.346 e. The Hall–Kier alpha value is -1.69. The van der Waals surface area contributed by atoms with E-state index in [1.54, 1.807) is 4.68 Å². The summed E-state index contributed by atoms with van der Waals surface area (Å²) in [5.74, 6) is 1.46. The highest BCUT2D eigenvalue weighted by molar-refractivity contribution is 7.71. The molecule has 1 aliphatic rings. The average molecular weight is 303 g/mol. The molecule has 1 N–H and O–H groups in total. The maximum Gasteiger partial charge on any atom is 0.216 e. The van der Waals surface area contributed by atoms with Gasteiger partial charge in [-0.15, -0.1) is 0 Å². The smallest absolute Gasteiger partial charge is 0.216 e. The van der Waals surface area contributed by atoms with Crippen LogP contribution >= 0.6 is 12.2 Å². The lowest BCUT2D eigenvalue weighted by molar-refractivity contribution is 0.574. The van der Waals surface area contributed by atoms with Crippen LogP contribution in [0, 0.1) is 18.6 Å². The molecule has 0 amide bonds. The molecule has 0 atom stereocenters. The minimum absolute atomic E-state index is 0.449. The van der Waals surface area contributed by atoms with Crippen LogP contribution in [0.1, 0.15) is 61.4 Å². The fraction of sp³-hybridized carbons (Fsp3) is 0.533. The summed E-state index contributed by atoms with van der Waals surface area (Å²) in [5, 5.41) is 11.7. The second-order valence-electron chi connectivity index (χ2n) is 6.01. The molecule has 112 valence electrons. The maximum absolute atomic E-state index is 5.27. The highest BCUT2D eigenvalue weighted by atomic mass is 32.1. The molecule has 2 aromatic heterocycles. The number of hydrogen-bond donors (Lipinski definition) is 1. The number of nitrogens with zero attached hydrogens (tertiary/aromatic N) is 4.